The van der Waals surface area contributed by atoms with Crippen molar-refractivity contribution < 1.29 is 23.8 Å². The Morgan fingerprint density at radius 1 is 1.04 bits per heavy atom. The zero-order valence-corrected chi connectivity index (χ0v) is 14.1. The second kappa shape index (κ2) is 5.16. The highest BCUT2D eigenvalue weighted by atomic mass is 16.8. The molecule has 0 aliphatic carbocycles. The molecule has 0 saturated carbocycles. The second-order valence-electron chi connectivity index (χ2n) is 7.52. The summed E-state index contributed by atoms with van der Waals surface area (Å²) in [5, 5.41) is 2.00. The van der Waals surface area contributed by atoms with Crippen LogP contribution in [-0.4, -0.2) is 49.1 Å². The topological polar surface area (TPSA) is 49.4 Å². The Morgan fingerprint density at radius 2 is 1.83 bits per heavy atom. The molecule has 0 radical (unpaired) electrons. The van der Waals surface area contributed by atoms with Gasteiger partial charge in [-0.1, -0.05) is 25.1 Å². The van der Waals surface area contributed by atoms with Gasteiger partial charge in [-0.05, 0) is 26.0 Å². The van der Waals surface area contributed by atoms with Crippen molar-refractivity contribution in [3.63, 3.8) is 0 Å². The van der Waals surface area contributed by atoms with Crippen LogP contribution in [0.4, 0.5) is 5.69 Å². The molecule has 24 heavy (non-hydrogen) atoms. The molecule has 0 spiro atoms. The van der Waals surface area contributed by atoms with Gasteiger partial charge < -0.3 is 18.9 Å². The number of hydroxylamine groups is 1. The highest BCUT2D eigenvalue weighted by Gasteiger charge is 2.62. The van der Waals surface area contributed by atoms with Gasteiger partial charge in [0.2, 0.25) is 0 Å². The van der Waals surface area contributed by atoms with Gasteiger partial charge in [0.1, 0.15) is 24.4 Å². The van der Waals surface area contributed by atoms with Crippen LogP contribution in [-0.2, 0) is 23.8 Å². The highest BCUT2D eigenvalue weighted by Crippen LogP contribution is 2.46. The molecule has 4 aliphatic heterocycles. The van der Waals surface area contributed by atoms with E-state index < -0.39 is 5.79 Å². The predicted molar refractivity (Wildman–Crippen MR) is 85.2 cm³/mol. The molecule has 4 aliphatic rings. The van der Waals surface area contributed by atoms with Gasteiger partial charge in [0.15, 0.2) is 12.1 Å². The lowest BCUT2D eigenvalue weighted by Gasteiger charge is -2.34. The fraction of sp³-hybridized carbons (Fsp3) is 0.667. The summed E-state index contributed by atoms with van der Waals surface area (Å²) < 4.78 is 24.4. The van der Waals surface area contributed by atoms with E-state index in [-0.39, 0.29) is 36.7 Å². The molecule has 3 unspecified atom stereocenters. The van der Waals surface area contributed by atoms with E-state index in [0.29, 0.717) is 12.5 Å². The Hall–Kier alpha value is -1.18. The fourth-order valence-corrected chi connectivity index (χ4v) is 4.34. The van der Waals surface area contributed by atoms with Crippen LogP contribution in [0.15, 0.2) is 30.3 Å². The van der Waals surface area contributed by atoms with Crippen molar-refractivity contribution in [1.82, 2.24) is 0 Å². The molecule has 130 valence electrons. The van der Waals surface area contributed by atoms with Crippen molar-refractivity contribution in [3.8, 4) is 0 Å². The van der Waals surface area contributed by atoms with Crippen LogP contribution in [0.5, 0.6) is 0 Å². The van der Waals surface area contributed by atoms with Crippen LogP contribution in [0, 0.1) is 5.92 Å². The number of fused-ring (bicyclic) bond motifs is 6. The van der Waals surface area contributed by atoms with Gasteiger partial charge in [0, 0.05) is 5.92 Å². The average molecular weight is 333 g/mol. The van der Waals surface area contributed by atoms with Crippen LogP contribution >= 0.6 is 0 Å². The third-order valence-corrected chi connectivity index (χ3v) is 5.47. The van der Waals surface area contributed by atoms with Crippen LogP contribution in [0.25, 0.3) is 0 Å². The molecule has 4 fully saturated rings. The number of nitrogens with zero attached hydrogens (tertiary/aromatic N) is 1. The van der Waals surface area contributed by atoms with Crippen LogP contribution in [0.2, 0.25) is 0 Å². The van der Waals surface area contributed by atoms with Crippen molar-refractivity contribution in [2.45, 2.75) is 63.3 Å². The van der Waals surface area contributed by atoms with Gasteiger partial charge in [-0.2, -0.15) is 0 Å². The van der Waals surface area contributed by atoms with Crippen molar-refractivity contribution in [2.75, 3.05) is 11.7 Å². The van der Waals surface area contributed by atoms with Crippen molar-refractivity contribution in [1.29, 1.82) is 0 Å². The van der Waals surface area contributed by atoms with E-state index in [1.807, 2.05) is 37.1 Å². The zero-order valence-electron chi connectivity index (χ0n) is 14.1. The van der Waals surface area contributed by atoms with Crippen molar-refractivity contribution in [3.05, 3.63) is 30.3 Å². The molecular weight excluding hydrogens is 310 g/mol. The first-order valence-corrected chi connectivity index (χ1v) is 8.67. The number of benzene rings is 1. The maximum atomic E-state index is 6.26. The van der Waals surface area contributed by atoms with Crippen molar-refractivity contribution in [2.24, 2.45) is 5.92 Å². The Morgan fingerprint density at radius 3 is 2.62 bits per heavy atom. The van der Waals surface area contributed by atoms with Gasteiger partial charge in [-0.15, -0.1) is 0 Å². The molecule has 6 heteroatoms. The lowest BCUT2D eigenvalue weighted by atomic mass is 9.91. The third-order valence-electron chi connectivity index (χ3n) is 5.47. The molecule has 0 amide bonds. The van der Waals surface area contributed by atoms with E-state index in [9.17, 15) is 0 Å². The molecule has 1 aromatic rings. The van der Waals surface area contributed by atoms with Crippen molar-refractivity contribution >= 4 is 5.69 Å². The van der Waals surface area contributed by atoms with Gasteiger partial charge >= 0.3 is 0 Å². The molecule has 5 rings (SSSR count). The number of hydrogen-bond acceptors (Lipinski definition) is 6. The SMILES string of the molecule is C[C@H]1C2CO[C@@H]3C(O[C@@H]4OC(C)(C)O[C@@H]43)C1N(c1ccccc1)O2. The number of anilines is 1. The van der Waals surface area contributed by atoms with E-state index >= 15 is 0 Å². The summed E-state index contributed by atoms with van der Waals surface area (Å²) in [5.41, 5.74) is 1.04. The summed E-state index contributed by atoms with van der Waals surface area (Å²) in [6.45, 7) is 6.56. The molecule has 1 aromatic carbocycles. The minimum absolute atomic E-state index is 0.0261. The van der Waals surface area contributed by atoms with E-state index in [1.54, 1.807) is 0 Å². The number of para-hydroxylation sites is 1. The Balaban J connectivity index is 1.48. The lowest BCUT2D eigenvalue weighted by Crippen LogP contribution is -2.49. The van der Waals surface area contributed by atoms with Gasteiger partial charge in [-0.25, -0.2) is 5.06 Å². The third kappa shape index (κ3) is 2.14. The molecule has 0 N–H and O–H groups in total. The predicted octanol–water partition coefficient (Wildman–Crippen LogP) is 2.09. The van der Waals surface area contributed by atoms with Gasteiger partial charge in [0.05, 0.1) is 18.3 Å². The fourth-order valence-electron chi connectivity index (χ4n) is 4.34. The maximum absolute atomic E-state index is 6.26. The summed E-state index contributed by atoms with van der Waals surface area (Å²) >= 11 is 0. The first kappa shape index (κ1) is 15.1. The van der Waals surface area contributed by atoms with Crippen LogP contribution in [0.1, 0.15) is 20.8 Å². The van der Waals surface area contributed by atoms with E-state index in [0.717, 1.165) is 5.69 Å². The largest absolute Gasteiger partial charge is 0.370 e. The molecule has 2 bridgehead atoms. The van der Waals surface area contributed by atoms with Crippen LogP contribution < -0.4 is 5.06 Å². The van der Waals surface area contributed by atoms with E-state index in [1.165, 1.54) is 0 Å². The first-order valence-electron chi connectivity index (χ1n) is 8.67. The highest BCUT2D eigenvalue weighted by molar-refractivity contribution is 5.46. The lowest BCUT2D eigenvalue weighted by molar-refractivity contribution is -0.222. The Kier molecular flexibility index (Phi) is 3.25. The number of ether oxygens (including phenoxy) is 4. The van der Waals surface area contributed by atoms with E-state index in [4.69, 9.17) is 23.8 Å². The van der Waals surface area contributed by atoms with Crippen LogP contribution in [0.3, 0.4) is 0 Å². The second-order valence-corrected chi connectivity index (χ2v) is 7.52. The summed E-state index contributed by atoms with van der Waals surface area (Å²) in [6.07, 6.45) is -0.813. The molecule has 7 atom stereocenters. The van der Waals surface area contributed by atoms with Gasteiger partial charge in [0.25, 0.3) is 0 Å². The van der Waals surface area contributed by atoms with E-state index in [2.05, 4.69) is 19.1 Å². The maximum Gasteiger partial charge on any atom is 0.190 e. The standard InChI is InChI=1S/C18H23NO5/c1-10-12-9-20-15-14(21-17-16(15)22-18(2,3)23-17)13(10)19(24-12)11-7-5-4-6-8-11/h4-8,10,12-17H,9H2,1-3H3/t10-,12?,13?,14?,15+,16+,17+/m0/s1. The number of hydrogen-bond donors (Lipinski definition) is 0. The quantitative estimate of drug-likeness (QED) is 0.784. The summed E-state index contributed by atoms with van der Waals surface area (Å²) in [7, 11) is 0. The Labute approximate surface area is 141 Å². The smallest absolute Gasteiger partial charge is 0.190 e. The molecule has 4 heterocycles. The minimum atomic E-state index is -0.629. The number of rotatable bonds is 1. The summed E-state index contributed by atoms with van der Waals surface area (Å²) in [6, 6.07) is 10.2. The molecule has 0 aromatic heterocycles. The summed E-state index contributed by atoms with van der Waals surface area (Å²) in [4.78, 5) is 6.18. The van der Waals surface area contributed by atoms with Gasteiger partial charge in [-0.3, -0.25) is 4.84 Å². The first-order chi connectivity index (χ1) is 11.5. The minimum Gasteiger partial charge on any atom is -0.370 e. The Bertz CT molecular complexity index is 623. The monoisotopic (exact) mass is 333 g/mol. The molecule has 6 nitrogen and oxygen atoms in total. The average Bonchev–Trinajstić information content (AvgIpc) is 3.09. The summed E-state index contributed by atoms with van der Waals surface area (Å²) in [5.74, 6) is -0.331. The zero-order chi connectivity index (χ0) is 16.5. The molecule has 4 saturated heterocycles. The normalized spacial score (nSPS) is 45.8. The molecular formula is C18H23NO5.